The average Bonchev–Trinajstić information content (AvgIpc) is 2.82. The summed E-state index contributed by atoms with van der Waals surface area (Å²) in [5, 5.41) is 9.41. The number of ether oxygens (including phenoxy) is 1. The number of amides is 1. The highest BCUT2D eigenvalue weighted by atomic mass is 32.2. The number of carbonyl (C=O) groups excluding carboxylic acids is 1. The highest BCUT2D eigenvalue weighted by molar-refractivity contribution is 7.86. The average molecular weight is 359 g/mol. The molecular weight excluding hydrogens is 330 g/mol. The minimum atomic E-state index is -1.46. The van der Waals surface area contributed by atoms with Crippen molar-refractivity contribution in [3.8, 4) is 0 Å². The van der Waals surface area contributed by atoms with Crippen molar-refractivity contribution in [2.24, 2.45) is 0 Å². The number of aliphatic carboxylic acids is 1. The van der Waals surface area contributed by atoms with Gasteiger partial charge in [0.1, 0.15) is 10.9 Å². The van der Waals surface area contributed by atoms with Crippen LogP contribution in [-0.4, -0.2) is 62.4 Å². The minimum absolute atomic E-state index is 0.0832. The third-order valence-electron chi connectivity index (χ3n) is 5.37. The van der Waals surface area contributed by atoms with Crippen LogP contribution < -0.4 is 0 Å². The van der Waals surface area contributed by atoms with E-state index in [1.165, 1.54) is 19.1 Å². The highest BCUT2D eigenvalue weighted by Gasteiger charge is 2.46. The summed E-state index contributed by atoms with van der Waals surface area (Å²) >= 11 is 0. The van der Waals surface area contributed by atoms with E-state index < -0.39 is 27.6 Å². The largest absolute Gasteiger partial charge is 0.480 e. The van der Waals surface area contributed by atoms with Gasteiger partial charge in [-0.2, -0.15) is 0 Å². The molecular formula is C17H29NO5S. The second-order valence-electron chi connectivity index (χ2n) is 6.97. The molecule has 1 N–H and O–H groups in total. The molecule has 1 amide bonds. The number of likely N-dealkylation sites (tertiary alicyclic amines) is 1. The molecule has 0 radical (unpaired) electrons. The van der Waals surface area contributed by atoms with Gasteiger partial charge in [0.15, 0.2) is 0 Å². The fraction of sp³-hybridized carbons (Fsp3) is 0.882. The molecule has 1 aliphatic carbocycles. The second-order valence-corrected chi connectivity index (χ2v) is 8.66. The monoisotopic (exact) mass is 359 g/mol. The summed E-state index contributed by atoms with van der Waals surface area (Å²) in [5.41, 5.74) is 0. The molecule has 0 aromatic carbocycles. The van der Waals surface area contributed by atoms with Gasteiger partial charge in [0.05, 0.1) is 6.10 Å². The molecule has 1 heterocycles. The van der Waals surface area contributed by atoms with E-state index in [4.69, 9.17) is 4.74 Å². The van der Waals surface area contributed by atoms with E-state index in [1.54, 1.807) is 11.8 Å². The van der Waals surface area contributed by atoms with E-state index in [0.29, 0.717) is 13.1 Å². The van der Waals surface area contributed by atoms with Crippen LogP contribution in [0.2, 0.25) is 0 Å². The van der Waals surface area contributed by atoms with Crippen molar-refractivity contribution in [3.05, 3.63) is 0 Å². The van der Waals surface area contributed by atoms with Gasteiger partial charge in [0, 0.05) is 30.1 Å². The summed E-state index contributed by atoms with van der Waals surface area (Å²) in [5.74, 6) is -1.11. The van der Waals surface area contributed by atoms with Gasteiger partial charge in [0.2, 0.25) is 0 Å². The van der Waals surface area contributed by atoms with E-state index in [9.17, 15) is 18.9 Å². The van der Waals surface area contributed by atoms with Crippen LogP contribution in [0.3, 0.4) is 0 Å². The number of hydrogen-bond donors (Lipinski definition) is 1. The van der Waals surface area contributed by atoms with Crippen molar-refractivity contribution in [2.75, 3.05) is 19.3 Å². The van der Waals surface area contributed by atoms with Crippen LogP contribution in [0.4, 0.5) is 0 Å². The maximum absolute atomic E-state index is 12.6. The lowest BCUT2D eigenvalue weighted by Gasteiger charge is -2.38. The lowest BCUT2D eigenvalue weighted by Crippen LogP contribution is -2.54. The van der Waals surface area contributed by atoms with Gasteiger partial charge >= 0.3 is 5.97 Å². The topological polar surface area (TPSA) is 83.9 Å². The van der Waals surface area contributed by atoms with Crippen LogP contribution in [0, 0.1) is 0 Å². The summed E-state index contributed by atoms with van der Waals surface area (Å²) in [6.45, 7) is 2.43. The van der Waals surface area contributed by atoms with Crippen molar-refractivity contribution in [2.45, 2.75) is 75.2 Å². The summed E-state index contributed by atoms with van der Waals surface area (Å²) in [6.07, 6.45) is 8.33. The number of carboxylic acids is 1. The first-order valence-electron chi connectivity index (χ1n) is 8.88. The Morgan fingerprint density at radius 2 is 1.71 bits per heavy atom. The number of rotatable bonds is 5. The number of piperidine rings is 1. The van der Waals surface area contributed by atoms with Crippen LogP contribution in [0.1, 0.15) is 58.3 Å². The summed E-state index contributed by atoms with van der Waals surface area (Å²) in [4.78, 5) is 25.8. The molecule has 6 nitrogen and oxygen atoms in total. The third-order valence-corrected chi connectivity index (χ3v) is 7.05. The van der Waals surface area contributed by atoms with E-state index in [0.717, 1.165) is 25.7 Å². The molecule has 2 aliphatic rings. The Labute approximate surface area is 146 Å². The number of nitrogens with zero attached hydrogens (tertiary/aromatic N) is 1. The molecule has 138 valence electrons. The van der Waals surface area contributed by atoms with Gasteiger partial charge in [-0.15, -0.1) is 0 Å². The zero-order valence-corrected chi connectivity index (χ0v) is 15.5. The molecule has 0 spiro atoms. The first-order chi connectivity index (χ1) is 11.4. The van der Waals surface area contributed by atoms with E-state index in [2.05, 4.69) is 0 Å². The van der Waals surface area contributed by atoms with Crippen molar-refractivity contribution in [1.29, 1.82) is 0 Å². The molecule has 1 saturated heterocycles. The van der Waals surface area contributed by atoms with E-state index >= 15 is 0 Å². The fourth-order valence-corrected chi connectivity index (χ4v) is 4.70. The Kier molecular flexibility index (Phi) is 6.80. The molecule has 7 heteroatoms. The Hall–Kier alpha value is -0.950. The summed E-state index contributed by atoms with van der Waals surface area (Å²) in [7, 11) is -1.46. The quantitative estimate of drug-likeness (QED) is 0.759. The van der Waals surface area contributed by atoms with Crippen LogP contribution >= 0.6 is 0 Å². The molecule has 1 saturated carbocycles. The normalized spacial score (nSPS) is 24.8. The van der Waals surface area contributed by atoms with E-state index in [1.807, 2.05) is 0 Å². The molecule has 2 fully saturated rings. The van der Waals surface area contributed by atoms with Crippen LogP contribution in [0.25, 0.3) is 0 Å². The molecule has 24 heavy (non-hydrogen) atoms. The molecule has 0 aromatic heterocycles. The lowest BCUT2D eigenvalue weighted by atomic mass is 9.95. The fourth-order valence-electron chi connectivity index (χ4n) is 3.69. The molecule has 0 aromatic rings. The third kappa shape index (κ3) is 4.36. The number of carbonyl (C=O) groups is 2. The van der Waals surface area contributed by atoms with Gasteiger partial charge in [-0.05, 0) is 32.6 Å². The Bertz CT molecular complexity index is 463. The molecule has 0 bridgehead atoms. The van der Waals surface area contributed by atoms with Crippen LogP contribution in [-0.2, 0) is 25.1 Å². The van der Waals surface area contributed by atoms with Crippen LogP contribution in [0.15, 0.2) is 0 Å². The molecule has 1 aliphatic heterocycles. The van der Waals surface area contributed by atoms with Crippen molar-refractivity contribution >= 4 is 22.7 Å². The predicted molar refractivity (Wildman–Crippen MR) is 92.3 cm³/mol. The van der Waals surface area contributed by atoms with Gasteiger partial charge in [-0.3, -0.25) is 13.8 Å². The number of carboxylic acid groups (broad SMARTS) is 1. The maximum Gasteiger partial charge on any atom is 0.322 e. The van der Waals surface area contributed by atoms with Crippen molar-refractivity contribution < 1.29 is 23.6 Å². The molecule has 2 rings (SSSR count). The molecule has 2 atom stereocenters. The number of hydrogen-bond acceptors (Lipinski definition) is 4. The van der Waals surface area contributed by atoms with E-state index in [-0.39, 0.29) is 24.9 Å². The van der Waals surface area contributed by atoms with Gasteiger partial charge < -0.3 is 14.7 Å². The smallest absolute Gasteiger partial charge is 0.322 e. The van der Waals surface area contributed by atoms with Crippen molar-refractivity contribution in [3.63, 3.8) is 0 Å². The standard InChI is InChI=1S/C17H29NO5S/c1-13(23-14-7-5-3-4-6-8-14)15(19)18-11-9-17(10-12-18,16(20)21)24(2)22/h13-14H,3-12H2,1-2H3,(H,20,21). The van der Waals surface area contributed by atoms with Gasteiger partial charge in [-0.1, -0.05) is 25.7 Å². The Balaban J connectivity index is 1.89. The van der Waals surface area contributed by atoms with Crippen molar-refractivity contribution in [1.82, 2.24) is 4.90 Å². The first kappa shape index (κ1) is 19.4. The maximum atomic E-state index is 12.6. The predicted octanol–water partition coefficient (Wildman–Crippen LogP) is 1.94. The summed E-state index contributed by atoms with van der Waals surface area (Å²) in [6, 6.07) is 0. The molecule has 2 unspecified atom stereocenters. The highest BCUT2D eigenvalue weighted by Crippen LogP contribution is 2.29. The first-order valence-corrected chi connectivity index (χ1v) is 10.4. The van der Waals surface area contributed by atoms with Gasteiger partial charge in [0.25, 0.3) is 5.91 Å². The second kappa shape index (κ2) is 8.43. The minimum Gasteiger partial charge on any atom is -0.480 e. The van der Waals surface area contributed by atoms with Crippen LogP contribution in [0.5, 0.6) is 0 Å². The SMILES string of the molecule is CC(OC1CCCCCC1)C(=O)N1CCC(C(=O)O)(S(C)=O)CC1. The summed E-state index contributed by atoms with van der Waals surface area (Å²) < 4.78 is 16.6. The zero-order chi connectivity index (χ0) is 17.7. The zero-order valence-electron chi connectivity index (χ0n) is 14.7. The Morgan fingerprint density at radius 3 is 2.17 bits per heavy atom. The van der Waals surface area contributed by atoms with Gasteiger partial charge in [-0.25, -0.2) is 0 Å². The Morgan fingerprint density at radius 1 is 1.17 bits per heavy atom. The lowest BCUT2D eigenvalue weighted by molar-refractivity contribution is -0.150.